The fourth-order valence-electron chi connectivity index (χ4n) is 2.90. The van der Waals surface area contributed by atoms with E-state index in [0.29, 0.717) is 0 Å². The molecule has 0 amide bonds. The molecule has 2 aliphatic heterocycles. The molecule has 0 radical (unpaired) electrons. The van der Waals surface area contributed by atoms with Gasteiger partial charge in [0.25, 0.3) is 0 Å². The summed E-state index contributed by atoms with van der Waals surface area (Å²) in [7, 11) is 1.27. The van der Waals surface area contributed by atoms with Gasteiger partial charge in [0.15, 0.2) is 12.6 Å². The fraction of sp³-hybridized carbons (Fsp3) is 0.933. The van der Waals surface area contributed by atoms with Crippen molar-refractivity contribution in [1.82, 2.24) is 0 Å². The zero-order valence-corrected chi connectivity index (χ0v) is 14.5. The predicted molar refractivity (Wildman–Crippen MR) is 81.6 cm³/mol. The van der Waals surface area contributed by atoms with Gasteiger partial charge in [0.05, 0.1) is 12.7 Å². The first-order valence-corrected chi connectivity index (χ1v) is 8.24. The van der Waals surface area contributed by atoms with Gasteiger partial charge in [-0.05, 0) is 0 Å². The van der Waals surface area contributed by atoms with Gasteiger partial charge in [-0.15, -0.1) is 0 Å². The summed E-state index contributed by atoms with van der Waals surface area (Å²) in [6.45, 7) is 0.407. The van der Waals surface area contributed by atoms with Gasteiger partial charge < -0.3 is 49.2 Å². The Morgan fingerprint density at radius 2 is 1.69 bits per heavy atom. The van der Waals surface area contributed by atoms with Crippen LogP contribution in [0.15, 0.2) is 0 Å². The maximum atomic E-state index is 10.9. The van der Waals surface area contributed by atoms with Crippen LogP contribution in [0.1, 0.15) is 13.3 Å². The summed E-state index contributed by atoms with van der Waals surface area (Å²) in [5.41, 5.74) is 0. The van der Waals surface area contributed by atoms with Crippen LogP contribution in [0.5, 0.6) is 0 Å². The van der Waals surface area contributed by atoms with Gasteiger partial charge in [-0.1, -0.05) is 0 Å². The molecule has 8 unspecified atom stereocenters. The van der Waals surface area contributed by atoms with Gasteiger partial charge >= 0.3 is 5.97 Å². The number of methoxy groups -OCH3 is 1. The van der Waals surface area contributed by atoms with Crippen molar-refractivity contribution in [1.29, 1.82) is 0 Å². The van der Waals surface area contributed by atoms with Crippen LogP contribution in [0.4, 0.5) is 0 Å². The average molecular weight is 382 g/mol. The van der Waals surface area contributed by atoms with Crippen molar-refractivity contribution in [3.63, 3.8) is 0 Å². The molecule has 0 spiro atoms. The zero-order chi connectivity index (χ0) is 19.4. The Bertz CT molecular complexity index is 445. The molecule has 2 saturated heterocycles. The zero-order valence-electron chi connectivity index (χ0n) is 14.5. The molecule has 2 heterocycles. The van der Waals surface area contributed by atoms with E-state index in [2.05, 4.69) is 0 Å². The summed E-state index contributed by atoms with van der Waals surface area (Å²) in [6.07, 6.45) is -11.1. The number of aliphatic hydroxyl groups excluding tert-OH is 5. The maximum Gasteiger partial charge on any atom is 0.302 e. The highest BCUT2D eigenvalue weighted by atomic mass is 16.7. The number of carbonyl (C=O) groups is 1. The van der Waals surface area contributed by atoms with Crippen LogP contribution in [0.2, 0.25) is 0 Å². The maximum absolute atomic E-state index is 10.9. The number of aliphatic hydroxyl groups is 5. The molecule has 9 atom stereocenters. The minimum absolute atomic E-state index is 0.122. The lowest BCUT2D eigenvalue weighted by molar-refractivity contribution is -0.347. The standard InChI is InChI=1S/C15H26O11/c1-6(17)23-5-10-7(18)3-8(19)14(25-10)26-13-11(20)9(4-16)24-15(22-2)12(13)21/h7-16,18-21H,3-5H2,1-2H3/t7?,8-,9?,10?,11?,12?,13?,14?,15?/m0/s1. The molecular formula is C15H26O11. The summed E-state index contributed by atoms with van der Waals surface area (Å²) < 4.78 is 25.9. The van der Waals surface area contributed by atoms with Crippen molar-refractivity contribution < 1.29 is 54.0 Å². The molecule has 2 rings (SSSR count). The van der Waals surface area contributed by atoms with Crippen LogP contribution in [0, 0.1) is 0 Å². The summed E-state index contributed by atoms with van der Waals surface area (Å²) in [5.74, 6) is -0.562. The summed E-state index contributed by atoms with van der Waals surface area (Å²) in [6, 6.07) is 0. The first kappa shape index (κ1) is 21.4. The molecule has 0 aromatic heterocycles. The SMILES string of the molecule is COC1OC(CO)C(O)C(OC2OC(COC(C)=O)C(O)C[C@@H]2O)C1O. The van der Waals surface area contributed by atoms with E-state index in [1.807, 2.05) is 0 Å². The molecule has 0 aliphatic carbocycles. The normalized spacial score (nSPS) is 43.9. The Morgan fingerprint density at radius 1 is 1.04 bits per heavy atom. The van der Waals surface area contributed by atoms with Crippen LogP contribution in [-0.4, -0.2) is 107 Å². The fourth-order valence-corrected chi connectivity index (χ4v) is 2.90. The topological polar surface area (TPSA) is 164 Å². The number of carbonyl (C=O) groups excluding carboxylic acids is 1. The number of esters is 1. The van der Waals surface area contributed by atoms with E-state index in [1.54, 1.807) is 0 Å². The van der Waals surface area contributed by atoms with Crippen molar-refractivity contribution in [2.75, 3.05) is 20.3 Å². The lowest BCUT2D eigenvalue weighted by Gasteiger charge is -2.44. The number of rotatable bonds is 6. The molecule has 26 heavy (non-hydrogen) atoms. The van der Waals surface area contributed by atoms with E-state index in [9.17, 15) is 30.3 Å². The highest BCUT2D eigenvalue weighted by Crippen LogP contribution is 2.29. The second-order valence-corrected chi connectivity index (χ2v) is 6.26. The third-order valence-corrected chi connectivity index (χ3v) is 4.33. The Labute approximate surface area is 150 Å². The molecule has 5 N–H and O–H groups in total. The van der Waals surface area contributed by atoms with E-state index in [1.165, 1.54) is 14.0 Å². The molecule has 11 heteroatoms. The number of ether oxygens (including phenoxy) is 5. The van der Waals surface area contributed by atoms with E-state index < -0.39 is 67.9 Å². The van der Waals surface area contributed by atoms with Crippen molar-refractivity contribution in [2.24, 2.45) is 0 Å². The van der Waals surface area contributed by atoms with Crippen LogP contribution in [-0.2, 0) is 28.5 Å². The van der Waals surface area contributed by atoms with E-state index >= 15 is 0 Å². The summed E-state index contributed by atoms with van der Waals surface area (Å²) in [5, 5.41) is 49.8. The smallest absolute Gasteiger partial charge is 0.302 e. The molecule has 11 nitrogen and oxygen atoms in total. The molecule has 0 saturated carbocycles. The molecule has 2 aliphatic rings. The van der Waals surface area contributed by atoms with E-state index in [4.69, 9.17) is 23.7 Å². The first-order chi connectivity index (χ1) is 12.3. The Kier molecular flexibility index (Phi) is 7.70. The number of hydrogen-bond donors (Lipinski definition) is 5. The minimum atomic E-state index is -1.42. The summed E-state index contributed by atoms with van der Waals surface area (Å²) >= 11 is 0. The van der Waals surface area contributed by atoms with Crippen LogP contribution in [0.25, 0.3) is 0 Å². The molecule has 0 bridgehead atoms. The molecule has 2 fully saturated rings. The molecular weight excluding hydrogens is 356 g/mol. The third-order valence-electron chi connectivity index (χ3n) is 4.33. The van der Waals surface area contributed by atoms with Crippen LogP contribution >= 0.6 is 0 Å². The second kappa shape index (κ2) is 9.35. The van der Waals surface area contributed by atoms with Gasteiger partial charge in [0, 0.05) is 20.5 Å². The van der Waals surface area contributed by atoms with Crippen molar-refractivity contribution in [3.8, 4) is 0 Å². The molecule has 0 aromatic carbocycles. The van der Waals surface area contributed by atoms with Gasteiger partial charge in [-0.25, -0.2) is 0 Å². The highest BCUT2D eigenvalue weighted by Gasteiger charge is 2.48. The average Bonchev–Trinajstić information content (AvgIpc) is 2.59. The Balaban J connectivity index is 2.06. The molecule has 0 aromatic rings. The van der Waals surface area contributed by atoms with E-state index in [-0.39, 0.29) is 13.0 Å². The first-order valence-electron chi connectivity index (χ1n) is 8.24. The van der Waals surface area contributed by atoms with Gasteiger partial charge in [0.1, 0.15) is 43.2 Å². The highest BCUT2D eigenvalue weighted by molar-refractivity contribution is 5.65. The lowest BCUT2D eigenvalue weighted by Crippen LogP contribution is -2.62. The Morgan fingerprint density at radius 3 is 2.27 bits per heavy atom. The van der Waals surface area contributed by atoms with Crippen molar-refractivity contribution in [2.45, 2.75) is 68.7 Å². The minimum Gasteiger partial charge on any atom is -0.463 e. The van der Waals surface area contributed by atoms with Crippen LogP contribution in [0.3, 0.4) is 0 Å². The second-order valence-electron chi connectivity index (χ2n) is 6.26. The number of hydrogen-bond acceptors (Lipinski definition) is 11. The van der Waals surface area contributed by atoms with Gasteiger partial charge in [-0.2, -0.15) is 0 Å². The largest absolute Gasteiger partial charge is 0.463 e. The predicted octanol–water partition coefficient (Wildman–Crippen LogP) is -3.14. The van der Waals surface area contributed by atoms with Crippen molar-refractivity contribution in [3.05, 3.63) is 0 Å². The van der Waals surface area contributed by atoms with Gasteiger partial charge in [0.2, 0.25) is 0 Å². The van der Waals surface area contributed by atoms with Crippen LogP contribution < -0.4 is 0 Å². The van der Waals surface area contributed by atoms with Crippen molar-refractivity contribution >= 4 is 5.97 Å². The quantitative estimate of drug-likeness (QED) is 0.295. The third kappa shape index (κ3) is 4.88. The van der Waals surface area contributed by atoms with Gasteiger partial charge in [-0.3, -0.25) is 4.79 Å². The summed E-state index contributed by atoms with van der Waals surface area (Å²) in [4.78, 5) is 10.9. The Hall–Kier alpha value is -0.890. The lowest BCUT2D eigenvalue weighted by atomic mass is 9.98. The van der Waals surface area contributed by atoms with E-state index in [0.717, 1.165) is 0 Å². The monoisotopic (exact) mass is 382 g/mol. The molecule has 152 valence electrons.